The quantitative estimate of drug-likeness (QED) is 0.515. The molecular weight excluding hydrogens is 333 g/mol. The Labute approximate surface area is 114 Å². The summed E-state index contributed by atoms with van der Waals surface area (Å²) in [6.45, 7) is 0.791. The van der Waals surface area contributed by atoms with Crippen LogP contribution in [-0.4, -0.2) is 30.5 Å². The summed E-state index contributed by atoms with van der Waals surface area (Å²) in [5, 5.41) is 0. The zero-order chi connectivity index (χ0) is 11.5. The zero-order valence-corrected chi connectivity index (χ0v) is 12.3. The van der Waals surface area contributed by atoms with Crippen LogP contribution in [0, 0.1) is 2.88 Å². The van der Waals surface area contributed by atoms with Crippen molar-refractivity contribution in [3.63, 3.8) is 0 Å². The van der Waals surface area contributed by atoms with Crippen LogP contribution in [-0.2, 0) is 6.42 Å². The molecule has 0 saturated heterocycles. The summed E-state index contributed by atoms with van der Waals surface area (Å²) in [7, 11) is 2.03. The number of aliphatic imine (C=N–C) groups is 1. The number of nitrogens with zero attached hydrogens (tertiary/aromatic N) is 2. The normalized spacial score (nSPS) is 16.5. The van der Waals surface area contributed by atoms with E-state index in [4.69, 9.17) is 5.73 Å². The Balaban J connectivity index is 1.79. The molecule has 5 heteroatoms. The molecular formula is C11H16IN3S. The smallest absolute Gasteiger partial charge is 0.191 e. The highest BCUT2D eigenvalue weighted by atomic mass is 127. The topological polar surface area (TPSA) is 41.6 Å². The van der Waals surface area contributed by atoms with Crippen molar-refractivity contribution in [2.24, 2.45) is 10.7 Å². The molecule has 2 rings (SSSR count). The predicted molar refractivity (Wildman–Crippen MR) is 78.0 cm³/mol. The second-order valence-electron chi connectivity index (χ2n) is 4.04. The molecule has 0 unspecified atom stereocenters. The van der Waals surface area contributed by atoms with Crippen molar-refractivity contribution in [2.45, 2.75) is 25.3 Å². The van der Waals surface area contributed by atoms with Gasteiger partial charge in [-0.2, -0.15) is 0 Å². The Morgan fingerprint density at radius 3 is 2.94 bits per heavy atom. The van der Waals surface area contributed by atoms with E-state index in [0.29, 0.717) is 12.0 Å². The van der Waals surface area contributed by atoms with Crippen LogP contribution in [0.1, 0.15) is 17.7 Å². The third-order valence-corrected chi connectivity index (χ3v) is 4.67. The summed E-state index contributed by atoms with van der Waals surface area (Å²) in [6.07, 6.45) is 3.51. The van der Waals surface area contributed by atoms with Crippen LogP contribution in [0.4, 0.5) is 0 Å². The number of halogens is 1. The largest absolute Gasteiger partial charge is 0.370 e. The number of hydrogen-bond donors (Lipinski definition) is 1. The average Bonchev–Trinajstić information content (AvgIpc) is 3.02. The van der Waals surface area contributed by atoms with Crippen molar-refractivity contribution >= 4 is 39.9 Å². The van der Waals surface area contributed by atoms with Crippen LogP contribution in [0.5, 0.6) is 0 Å². The first-order chi connectivity index (χ1) is 7.66. The number of rotatable bonds is 4. The van der Waals surface area contributed by atoms with Gasteiger partial charge < -0.3 is 10.6 Å². The van der Waals surface area contributed by atoms with Crippen molar-refractivity contribution in [3.8, 4) is 0 Å². The molecule has 0 radical (unpaired) electrons. The van der Waals surface area contributed by atoms with E-state index in [-0.39, 0.29) is 0 Å². The second-order valence-corrected chi connectivity index (χ2v) is 7.10. The molecule has 1 fully saturated rings. The number of guanidine groups is 1. The summed E-state index contributed by atoms with van der Waals surface area (Å²) >= 11 is 4.17. The predicted octanol–water partition coefficient (Wildman–Crippen LogP) is 2.30. The first kappa shape index (κ1) is 12.2. The van der Waals surface area contributed by atoms with E-state index in [0.717, 1.165) is 13.0 Å². The molecule has 1 aromatic rings. The molecule has 1 aliphatic carbocycles. The molecule has 1 aliphatic rings. The van der Waals surface area contributed by atoms with E-state index in [9.17, 15) is 0 Å². The molecule has 0 aliphatic heterocycles. The van der Waals surface area contributed by atoms with Gasteiger partial charge in [0.05, 0.1) is 2.88 Å². The van der Waals surface area contributed by atoms with E-state index in [1.165, 1.54) is 20.6 Å². The van der Waals surface area contributed by atoms with Gasteiger partial charge in [0.2, 0.25) is 0 Å². The van der Waals surface area contributed by atoms with E-state index in [2.05, 4.69) is 44.6 Å². The molecule has 0 aromatic carbocycles. The Morgan fingerprint density at radius 2 is 2.38 bits per heavy atom. The summed E-state index contributed by atoms with van der Waals surface area (Å²) in [4.78, 5) is 7.89. The lowest BCUT2D eigenvalue weighted by Crippen LogP contribution is -2.35. The Hall–Kier alpha value is -0.300. The van der Waals surface area contributed by atoms with Crippen LogP contribution in [0.15, 0.2) is 17.1 Å². The lowest BCUT2D eigenvalue weighted by Gasteiger charge is -2.16. The fourth-order valence-corrected chi connectivity index (χ4v) is 3.27. The minimum atomic E-state index is 0.645. The van der Waals surface area contributed by atoms with Crippen molar-refractivity contribution in [3.05, 3.63) is 19.9 Å². The van der Waals surface area contributed by atoms with Gasteiger partial charge in [0.1, 0.15) is 0 Å². The van der Waals surface area contributed by atoms with Gasteiger partial charge in [-0.05, 0) is 47.6 Å². The highest BCUT2D eigenvalue weighted by Crippen LogP contribution is 2.24. The van der Waals surface area contributed by atoms with Gasteiger partial charge in [0.25, 0.3) is 0 Å². The van der Waals surface area contributed by atoms with E-state index in [1.54, 1.807) is 0 Å². The third kappa shape index (κ3) is 3.35. The summed E-state index contributed by atoms with van der Waals surface area (Å²) in [5.74, 6) is 0.689. The van der Waals surface area contributed by atoms with E-state index < -0.39 is 0 Å². The van der Waals surface area contributed by atoms with Crippen LogP contribution < -0.4 is 5.73 Å². The maximum Gasteiger partial charge on any atom is 0.191 e. The Kier molecular flexibility index (Phi) is 4.07. The summed E-state index contributed by atoms with van der Waals surface area (Å²) in [6, 6.07) is 4.96. The fraction of sp³-hybridized carbons (Fsp3) is 0.545. The maximum absolute atomic E-state index is 5.91. The Morgan fingerprint density at radius 1 is 1.62 bits per heavy atom. The highest BCUT2D eigenvalue weighted by Gasteiger charge is 2.27. The molecule has 0 atom stereocenters. The van der Waals surface area contributed by atoms with Gasteiger partial charge in [-0.3, -0.25) is 4.99 Å². The monoisotopic (exact) mass is 349 g/mol. The molecule has 0 bridgehead atoms. The minimum absolute atomic E-state index is 0.645. The molecule has 1 aromatic heterocycles. The van der Waals surface area contributed by atoms with Gasteiger partial charge in [-0.15, -0.1) is 11.3 Å². The third-order valence-electron chi connectivity index (χ3n) is 2.72. The van der Waals surface area contributed by atoms with Crippen LogP contribution >= 0.6 is 33.9 Å². The van der Waals surface area contributed by atoms with Gasteiger partial charge in [-0.25, -0.2) is 0 Å². The SMILES string of the molecule is CN(C(N)=NCCc1ccc(I)s1)C1CC1. The van der Waals surface area contributed by atoms with Crippen molar-refractivity contribution in [1.82, 2.24) is 4.90 Å². The summed E-state index contributed by atoms with van der Waals surface area (Å²) in [5.41, 5.74) is 5.91. The molecule has 2 N–H and O–H groups in total. The van der Waals surface area contributed by atoms with Crippen molar-refractivity contribution < 1.29 is 0 Å². The minimum Gasteiger partial charge on any atom is -0.370 e. The number of nitrogens with two attached hydrogens (primary N) is 1. The number of hydrogen-bond acceptors (Lipinski definition) is 2. The molecule has 16 heavy (non-hydrogen) atoms. The average molecular weight is 349 g/mol. The first-order valence-electron chi connectivity index (χ1n) is 5.44. The lowest BCUT2D eigenvalue weighted by molar-refractivity contribution is 0.487. The molecule has 1 heterocycles. The van der Waals surface area contributed by atoms with Gasteiger partial charge in [0.15, 0.2) is 5.96 Å². The van der Waals surface area contributed by atoms with E-state index >= 15 is 0 Å². The summed E-state index contributed by atoms with van der Waals surface area (Å²) < 4.78 is 1.33. The first-order valence-corrected chi connectivity index (χ1v) is 7.33. The number of thiophene rings is 1. The van der Waals surface area contributed by atoms with Crippen LogP contribution in [0.2, 0.25) is 0 Å². The fourth-order valence-electron chi connectivity index (χ4n) is 1.53. The molecule has 3 nitrogen and oxygen atoms in total. The van der Waals surface area contributed by atoms with Gasteiger partial charge >= 0.3 is 0 Å². The molecule has 1 saturated carbocycles. The van der Waals surface area contributed by atoms with Gasteiger partial charge in [-0.1, -0.05) is 0 Å². The molecule has 88 valence electrons. The van der Waals surface area contributed by atoms with Crippen molar-refractivity contribution in [2.75, 3.05) is 13.6 Å². The van der Waals surface area contributed by atoms with E-state index in [1.807, 2.05) is 18.4 Å². The van der Waals surface area contributed by atoms with Crippen LogP contribution in [0.3, 0.4) is 0 Å². The lowest BCUT2D eigenvalue weighted by atomic mass is 10.3. The zero-order valence-electron chi connectivity index (χ0n) is 9.32. The molecule has 0 spiro atoms. The molecule has 0 amide bonds. The standard InChI is InChI=1S/C11H16IN3S/c1-15(8-2-3-8)11(13)14-7-6-9-4-5-10(12)16-9/h4-5,8H,2-3,6-7H2,1H3,(H2,13,14). The van der Waals surface area contributed by atoms with Gasteiger partial charge in [0, 0.05) is 30.9 Å². The Bertz CT molecular complexity index is 384. The van der Waals surface area contributed by atoms with Crippen LogP contribution in [0.25, 0.3) is 0 Å². The maximum atomic E-state index is 5.91. The second kappa shape index (κ2) is 5.35. The van der Waals surface area contributed by atoms with Crippen molar-refractivity contribution in [1.29, 1.82) is 0 Å². The highest BCUT2D eigenvalue weighted by molar-refractivity contribution is 14.1.